The number of piperazine rings is 1. The summed E-state index contributed by atoms with van der Waals surface area (Å²) < 4.78 is 0.995. The molecule has 3 nitrogen and oxygen atoms in total. The van der Waals surface area contributed by atoms with Crippen LogP contribution < -0.4 is 11.1 Å². The molecule has 0 bridgehead atoms. The van der Waals surface area contributed by atoms with Gasteiger partial charge < -0.3 is 11.1 Å². The van der Waals surface area contributed by atoms with Crippen molar-refractivity contribution < 1.29 is 0 Å². The highest BCUT2D eigenvalue weighted by Gasteiger charge is 2.10. The summed E-state index contributed by atoms with van der Waals surface area (Å²) in [6.07, 6.45) is 0. The quantitative estimate of drug-likeness (QED) is 0.799. The van der Waals surface area contributed by atoms with E-state index < -0.39 is 0 Å². The van der Waals surface area contributed by atoms with Crippen LogP contribution >= 0.6 is 15.9 Å². The molecule has 0 saturated carbocycles. The molecule has 1 aromatic carbocycles. The van der Waals surface area contributed by atoms with Crippen molar-refractivity contribution in [1.29, 1.82) is 0 Å². The van der Waals surface area contributed by atoms with Crippen molar-refractivity contribution in [1.82, 2.24) is 10.2 Å². The SMILES string of the molecule is Nc1ccc(CN2CCNCC2)cc1Br. The standard InChI is InChI=1S/C11H16BrN3/c12-10-7-9(1-2-11(10)13)8-15-5-3-14-4-6-15/h1-2,7,14H,3-6,8,13H2. The second-order valence-corrected chi connectivity index (χ2v) is 4.74. The van der Waals surface area contributed by atoms with E-state index in [0.29, 0.717) is 0 Å². The van der Waals surface area contributed by atoms with Gasteiger partial charge >= 0.3 is 0 Å². The first-order valence-electron chi connectivity index (χ1n) is 5.23. The Balaban J connectivity index is 2.00. The van der Waals surface area contributed by atoms with Gasteiger partial charge in [-0.25, -0.2) is 0 Å². The van der Waals surface area contributed by atoms with Crippen LogP contribution in [0, 0.1) is 0 Å². The highest BCUT2D eigenvalue weighted by atomic mass is 79.9. The molecule has 0 atom stereocenters. The summed E-state index contributed by atoms with van der Waals surface area (Å²) in [5, 5.41) is 3.35. The lowest BCUT2D eigenvalue weighted by Gasteiger charge is -2.27. The van der Waals surface area contributed by atoms with Crippen molar-refractivity contribution in [3.8, 4) is 0 Å². The van der Waals surface area contributed by atoms with Crippen LogP contribution in [0.3, 0.4) is 0 Å². The van der Waals surface area contributed by atoms with Crippen molar-refractivity contribution in [3.05, 3.63) is 28.2 Å². The van der Waals surface area contributed by atoms with Crippen LogP contribution in [0.1, 0.15) is 5.56 Å². The second-order valence-electron chi connectivity index (χ2n) is 3.88. The first-order valence-corrected chi connectivity index (χ1v) is 6.02. The summed E-state index contributed by atoms with van der Waals surface area (Å²) in [4.78, 5) is 2.45. The van der Waals surface area contributed by atoms with Gasteiger partial charge in [-0.1, -0.05) is 6.07 Å². The predicted octanol–water partition coefficient (Wildman–Crippen LogP) is 1.44. The summed E-state index contributed by atoms with van der Waals surface area (Å²) in [6.45, 7) is 5.46. The smallest absolute Gasteiger partial charge is 0.0458 e. The van der Waals surface area contributed by atoms with Gasteiger partial charge in [0.1, 0.15) is 0 Å². The number of halogens is 1. The molecule has 1 aliphatic rings. The van der Waals surface area contributed by atoms with Crippen LogP contribution in [-0.2, 0) is 6.54 Å². The molecule has 1 saturated heterocycles. The lowest BCUT2D eigenvalue weighted by molar-refractivity contribution is 0.233. The number of nitrogen functional groups attached to an aromatic ring is 1. The van der Waals surface area contributed by atoms with E-state index in [1.54, 1.807) is 0 Å². The molecule has 4 heteroatoms. The number of benzene rings is 1. The van der Waals surface area contributed by atoms with E-state index in [-0.39, 0.29) is 0 Å². The van der Waals surface area contributed by atoms with Gasteiger partial charge in [0.2, 0.25) is 0 Å². The number of hydrogen-bond donors (Lipinski definition) is 2. The lowest BCUT2D eigenvalue weighted by Crippen LogP contribution is -2.42. The van der Waals surface area contributed by atoms with Crippen LogP contribution in [0.4, 0.5) is 5.69 Å². The van der Waals surface area contributed by atoms with Crippen LogP contribution in [0.2, 0.25) is 0 Å². The Kier molecular flexibility index (Phi) is 3.61. The van der Waals surface area contributed by atoms with Crippen LogP contribution in [0.15, 0.2) is 22.7 Å². The van der Waals surface area contributed by atoms with Crippen molar-refractivity contribution in [2.24, 2.45) is 0 Å². The van der Waals surface area contributed by atoms with Crippen molar-refractivity contribution in [2.75, 3.05) is 31.9 Å². The van der Waals surface area contributed by atoms with Crippen LogP contribution in [0.25, 0.3) is 0 Å². The summed E-state index contributed by atoms with van der Waals surface area (Å²) in [5.41, 5.74) is 7.87. The minimum absolute atomic E-state index is 0.805. The van der Waals surface area contributed by atoms with E-state index >= 15 is 0 Å². The molecule has 82 valence electrons. The van der Waals surface area contributed by atoms with E-state index in [1.165, 1.54) is 5.56 Å². The molecule has 0 aliphatic carbocycles. The first-order chi connectivity index (χ1) is 7.25. The Morgan fingerprint density at radius 1 is 1.33 bits per heavy atom. The molecule has 1 aliphatic heterocycles. The zero-order valence-corrected chi connectivity index (χ0v) is 10.3. The third-order valence-electron chi connectivity index (χ3n) is 2.68. The number of nitrogens with one attached hydrogen (secondary N) is 1. The predicted molar refractivity (Wildman–Crippen MR) is 66.7 cm³/mol. The Hall–Kier alpha value is -0.580. The third kappa shape index (κ3) is 2.93. The fraction of sp³-hybridized carbons (Fsp3) is 0.455. The summed E-state index contributed by atoms with van der Waals surface area (Å²) in [6, 6.07) is 6.17. The van der Waals surface area contributed by atoms with Gasteiger partial charge in [-0.3, -0.25) is 4.90 Å². The molecule has 1 heterocycles. The minimum atomic E-state index is 0.805. The molecular formula is C11H16BrN3. The van der Waals surface area contributed by atoms with Crippen molar-refractivity contribution in [3.63, 3.8) is 0 Å². The van der Waals surface area contributed by atoms with E-state index in [1.807, 2.05) is 6.07 Å². The Bertz CT molecular complexity index is 335. The number of rotatable bonds is 2. The largest absolute Gasteiger partial charge is 0.398 e. The highest BCUT2D eigenvalue weighted by molar-refractivity contribution is 9.10. The number of anilines is 1. The Morgan fingerprint density at radius 2 is 2.07 bits per heavy atom. The zero-order valence-electron chi connectivity index (χ0n) is 8.67. The van der Waals surface area contributed by atoms with Crippen LogP contribution in [0.5, 0.6) is 0 Å². The van der Waals surface area contributed by atoms with Crippen molar-refractivity contribution >= 4 is 21.6 Å². The average molecular weight is 270 g/mol. The maximum atomic E-state index is 5.75. The van der Waals surface area contributed by atoms with Crippen LogP contribution in [-0.4, -0.2) is 31.1 Å². The molecule has 1 fully saturated rings. The van der Waals surface area contributed by atoms with Crippen molar-refractivity contribution in [2.45, 2.75) is 6.54 Å². The van der Waals surface area contributed by atoms with Gasteiger partial charge in [0.25, 0.3) is 0 Å². The Labute approximate surface area is 98.8 Å². The van der Waals surface area contributed by atoms with Gasteiger partial charge in [-0.2, -0.15) is 0 Å². The second kappa shape index (κ2) is 4.96. The molecule has 0 spiro atoms. The monoisotopic (exact) mass is 269 g/mol. The normalized spacial score (nSPS) is 17.9. The molecule has 0 aromatic heterocycles. The molecule has 0 amide bonds. The first kappa shape index (κ1) is 10.9. The molecule has 2 rings (SSSR count). The summed E-state index contributed by atoms with van der Waals surface area (Å²) in [5.74, 6) is 0. The average Bonchev–Trinajstić information content (AvgIpc) is 2.25. The van der Waals surface area contributed by atoms with Gasteiger partial charge in [0.05, 0.1) is 0 Å². The topological polar surface area (TPSA) is 41.3 Å². The lowest BCUT2D eigenvalue weighted by atomic mass is 10.2. The van der Waals surface area contributed by atoms with Gasteiger partial charge in [-0.05, 0) is 33.6 Å². The fourth-order valence-electron chi connectivity index (χ4n) is 1.80. The molecule has 0 unspecified atom stereocenters. The zero-order chi connectivity index (χ0) is 10.7. The summed E-state index contributed by atoms with van der Waals surface area (Å²) >= 11 is 3.45. The fourth-order valence-corrected chi connectivity index (χ4v) is 2.22. The van der Waals surface area contributed by atoms with Gasteiger partial charge in [0, 0.05) is 42.9 Å². The van der Waals surface area contributed by atoms with E-state index in [2.05, 4.69) is 38.3 Å². The van der Waals surface area contributed by atoms with E-state index in [0.717, 1.165) is 42.9 Å². The molecular weight excluding hydrogens is 254 g/mol. The van der Waals surface area contributed by atoms with Gasteiger partial charge in [-0.15, -0.1) is 0 Å². The highest BCUT2D eigenvalue weighted by Crippen LogP contribution is 2.21. The maximum Gasteiger partial charge on any atom is 0.0458 e. The molecule has 15 heavy (non-hydrogen) atoms. The number of nitrogens with zero attached hydrogens (tertiary/aromatic N) is 1. The third-order valence-corrected chi connectivity index (χ3v) is 3.37. The Morgan fingerprint density at radius 3 is 2.73 bits per heavy atom. The van der Waals surface area contributed by atoms with E-state index in [4.69, 9.17) is 5.73 Å². The molecule has 0 radical (unpaired) electrons. The summed E-state index contributed by atoms with van der Waals surface area (Å²) in [7, 11) is 0. The minimum Gasteiger partial charge on any atom is -0.398 e. The van der Waals surface area contributed by atoms with E-state index in [9.17, 15) is 0 Å². The number of hydrogen-bond acceptors (Lipinski definition) is 3. The maximum absolute atomic E-state index is 5.75. The molecule has 1 aromatic rings. The van der Waals surface area contributed by atoms with Gasteiger partial charge in [0.15, 0.2) is 0 Å². The molecule has 3 N–H and O–H groups in total. The number of nitrogens with two attached hydrogens (primary N) is 1.